The van der Waals surface area contributed by atoms with Crippen LogP contribution in [0.5, 0.6) is 0 Å². The lowest BCUT2D eigenvalue weighted by atomic mass is 9.69. The summed E-state index contributed by atoms with van der Waals surface area (Å²) in [4.78, 5) is 23.0. The first kappa shape index (κ1) is 33.9. The van der Waals surface area contributed by atoms with Crippen molar-refractivity contribution in [2.45, 2.75) is 175 Å². The molecular weight excluding hydrogens is 436 g/mol. The van der Waals surface area contributed by atoms with Gasteiger partial charge in [0.1, 0.15) is 0 Å². The number of unbranched alkanes of at least 4 members (excludes halogenated alkanes) is 17. The first-order valence-electron chi connectivity index (χ1n) is 15.3. The topological polar surface area (TPSA) is 74.6 Å². The molecule has 0 saturated carbocycles. The lowest BCUT2D eigenvalue weighted by Crippen LogP contribution is -2.36. The maximum Gasteiger partial charge on any atom is 0.309 e. The van der Waals surface area contributed by atoms with Crippen molar-refractivity contribution in [3.63, 3.8) is 0 Å². The predicted molar refractivity (Wildman–Crippen MR) is 149 cm³/mol. The highest BCUT2D eigenvalue weighted by Crippen LogP contribution is 2.40. The number of carboxylic acids is 2. The van der Waals surface area contributed by atoms with E-state index in [0.717, 1.165) is 51.4 Å². The average Bonchev–Trinajstić information content (AvgIpc) is 2.82. The molecule has 2 atom stereocenters. The third-order valence-electron chi connectivity index (χ3n) is 8.04. The van der Waals surface area contributed by atoms with E-state index in [1.165, 1.54) is 96.3 Å². The second-order valence-corrected chi connectivity index (χ2v) is 11.3. The summed E-state index contributed by atoms with van der Waals surface area (Å²) in [7, 11) is 0. The van der Waals surface area contributed by atoms with Gasteiger partial charge in [-0.25, -0.2) is 0 Å². The molecule has 0 rings (SSSR count). The van der Waals surface area contributed by atoms with Gasteiger partial charge in [0, 0.05) is 6.42 Å². The smallest absolute Gasteiger partial charge is 0.309 e. The van der Waals surface area contributed by atoms with Gasteiger partial charge >= 0.3 is 11.9 Å². The Hall–Kier alpha value is -1.06. The molecule has 0 aliphatic heterocycles. The minimum absolute atomic E-state index is 0.304. The summed E-state index contributed by atoms with van der Waals surface area (Å²) in [6.45, 7) is 6.51. The number of hydrogen-bond donors (Lipinski definition) is 2. The van der Waals surface area contributed by atoms with Crippen LogP contribution in [0.15, 0.2) is 0 Å². The van der Waals surface area contributed by atoms with Crippen LogP contribution in [-0.2, 0) is 9.59 Å². The van der Waals surface area contributed by atoms with Crippen molar-refractivity contribution < 1.29 is 19.8 Å². The lowest BCUT2D eigenvalue weighted by molar-refractivity contribution is -0.152. The molecule has 0 bridgehead atoms. The van der Waals surface area contributed by atoms with E-state index >= 15 is 0 Å². The standard InChI is InChI=1S/C31H60O4/c1-4-6-8-16-20-24-28(31(3,30(34)35)27-23-19-9-7-5-2)25-21-17-14-12-10-11-13-15-18-22-26-29(32)33/h28H,4-27H2,1-3H3,(H,32,33)(H,34,35). The van der Waals surface area contributed by atoms with Crippen molar-refractivity contribution in [1.82, 2.24) is 0 Å². The minimum Gasteiger partial charge on any atom is -0.481 e. The highest BCUT2D eigenvalue weighted by molar-refractivity contribution is 5.74. The van der Waals surface area contributed by atoms with E-state index in [0.29, 0.717) is 12.3 Å². The number of hydrogen-bond acceptors (Lipinski definition) is 2. The molecule has 35 heavy (non-hydrogen) atoms. The van der Waals surface area contributed by atoms with Crippen molar-refractivity contribution in [3.05, 3.63) is 0 Å². The molecule has 0 aromatic heterocycles. The average molecular weight is 497 g/mol. The molecule has 0 aliphatic carbocycles. The Morgan fingerprint density at radius 2 is 0.943 bits per heavy atom. The summed E-state index contributed by atoms with van der Waals surface area (Å²) < 4.78 is 0. The second kappa shape index (κ2) is 23.3. The Balaban J connectivity index is 4.36. The van der Waals surface area contributed by atoms with E-state index in [1.54, 1.807) is 0 Å². The number of carboxylic acid groups (broad SMARTS) is 2. The normalized spacial score (nSPS) is 14.0. The monoisotopic (exact) mass is 496 g/mol. The van der Waals surface area contributed by atoms with Crippen LogP contribution in [0.2, 0.25) is 0 Å². The molecule has 4 nitrogen and oxygen atoms in total. The Kier molecular flexibility index (Phi) is 22.6. The van der Waals surface area contributed by atoms with Crippen LogP contribution >= 0.6 is 0 Å². The zero-order valence-electron chi connectivity index (χ0n) is 23.8. The van der Waals surface area contributed by atoms with Gasteiger partial charge in [0.15, 0.2) is 0 Å². The van der Waals surface area contributed by atoms with Gasteiger partial charge in [-0.1, -0.05) is 136 Å². The fourth-order valence-corrected chi connectivity index (χ4v) is 5.44. The summed E-state index contributed by atoms with van der Waals surface area (Å²) >= 11 is 0. The van der Waals surface area contributed by atoms with Crippen molar-refractivity contribution >= 4 is 11.9 Å². The molecule has 0 spiro atoms. The fraction of sp³-hybridized carbons (Fsp3) is 0.935. The number of carbonyl (C=O) groups is 2. The summed E-state index contributed by atoms with van der Waals surface area (Å²) in [5.41, 5.74) is -0.572. The molecule has 2 unspecified atom stereocenters. The maximum atomic E-state index is 12.4. The highest BCUT2D eigenvalue weighted by Gasteiger charge is 2.39. The molecule has 208 valence electrons. The van der Waals surface area contributed by atoms with E-state index in [1.807, 2.05) is 6.92 Å². The third-order valence-corrected chi connectivity index (χ3v) is 8.04. The molecule has 4 heteroatoms. The molecular formula is C31H60O4. The Morgan fingerprint density at radius 1 is 0.571 bits per heavy atom. The second-order valence-electron chi connectivity index (χ2n) is 11.3. The van der Waals surface area contributed by atoms with Crippen LogP contribution in [-0.4, -0.2) is 22.2 Å². The van der Waals surface area contributed by atoms with E-state index < -0.39 is 17.4 Å². The SMILES string of the molecule is CCCCCCCC(CCCCCCCCCCCCC(=O)O)C(C)(CCCCCCC)C(=O)O. The molecule has 0 fully saturated rings. The molecule has 0 saturated heterocycles. The van der Waals surface area contributed by atoms with E-state index in [9.17, 15) is 14.7 Å². The summed E-state index contributed by atoms with van der Waals surface area (Å²) in [6.07, 6.45) is 27.1. The van der Waals surface area contributed by atoms with Gasteiger partial charge in [-0.2, -0.15) is 0 Å². The predicted octanol–water partition coefficient (Wildman–Crippen LogP) is 10.2. The van der Waals surface area contributed by atoms with Crippen molar-refractivity contribution in [2.75, 3.05) is 0 Å². The fourth-order valence-electron chi connectivity index (χ4n) is 5.44. The van der Waals surface area contributed by atoms with Crippen molar-refractivity contribution in [3.8, 4) is 0 Å². The van der Waals surface area contributed by atoms with Gasteiger partial charge in [0.2, 0.25) is 0 Å². The number of aliphatic carboxylic acids is 2. The Bertz CT molecular complexity index is 504. The largest absolute Gasteiger partial charge is 0.481 e. The summed E-state index contributed by atoms with van der Waals surface area (Å²) in [5.74, 6) is -0.951. The molecule has 0 aromatic carbocycles. The Labute approximate surface area is 218 Å². The van der Waals surface area contributed by atoms with Crippen LogP contribution in [0, 0.1) is 11.3 Å². The van der Waals surface area contributed by atoms with Crippen LogP contribution in [0.3, 0.4) is 0 Å². The van der Waals surface area contributed by atoms with Crippen molar-refractivity contribution in [1.29, 1.82) is 0 Å². The van der Waals surface area contributed by atoms with Gasteiger partial charge in [0.25, 0.3) is 0 Å². The van der Waals surface area contributed by atoms with E-state index in [2.05, 4.69) is 13.8 Å². The summed E-state index contributed by atoms with van der Waals surface area (Å²) in [6, 6.07) is 0. The third kappa shape index (κ3) is 18.8. The Morgan fingerprint density at radius 3 is 1.34 bits per heavy atom. The first-order chi connectivity index (χ1) is 16.9. The molecule has 0 aromatic rings. The highest BCUT2D eigenvalue weighted by atomic mass is 16.4. The van der Waals surface area contributed by atoms with Crippen LogP contribution < -0.4 is 0 Å². The van der Waals surface area contributed by atoms with E-state index in [-0.39, 0.29) is 0 Å². The van der Waals surface area contributed by atoms with Crippen LogP contribution in [0.1, 0.15) is 175 Å². The van der Waals surface area contributed by atoms with Gasteiger partial charge in [-0.15, -0.1) is 0 Å². The maximum absolute atomic E-state index is 12.4. The first-order valence-corrected chi connectivity index (χ1v) is 15.3. The summed E-state index contributed by atoms with van der Waals surface area (Å²) in [5, 5.41) is 18.9. The lowest BCUT2D eigenvalue weighted by Gasteiger charge is -2.35. The van der Waals surface area contributed by atoms with Gasteiger partial charge in [-0.05, 0) is 38.5 Å². The van der Waals surface area contributed by atoms with Crippen LogP contribution in [0.25, 0.3) is 0 Å². The molecule has 0 heterocycles. The van der Waals surface area contributed by atoms with E-state index in [4.69, 9.17) is 5.11 Å². The number of rotatable bonds is 27. The van der Waals surface area contributed by atoms with Crippen LogP contribution in [0.4, 0.5) is 0 Å². The van der Waals surface area contributed by atoms with Gasteiger partial charge in [-0.3, -0.25) is 9.59 Å². The van der Waals surface area contributed by atoms with Gasteiger partial charge in [0.05, 0.1) is 5.41 Å². The molecule has 0 radical (unpaired) electrons. The molecule has 2 N–H and O–H groups in total. The zero-order valence-corrected chi connectivity index (χ0v) is 23.8. The van der Waals surface area contributed by atoms with Crippen molar-refractivity contribution in [2.24, 2.45) is 11.3 Å². The zero-order chi connectivity index (χ0) is 26.2. The molecule has 0 aliphatic rings. The minimum atomic E-state index is -0.681. The molecule has 0 amide bonds. The van der Waals surface area contributed by atoms with Gasteiger partial charge < -0.3 is 10.2 Å². The quantitative estimate of drug-likeness (QED) is 0.111.